The molecule has 1 heterocycles. The average Bonchev–Trinajstić information content (AvgIpc) is 3.09. The smallest absolute Gasteiger partial charge is 0.289 e. The van der Waals surface area contributed by atoms with Crippen molar-refractivity contribution in [3.63, 3.8) is 0 Å². The molecule has 0 aliphatic heterocycles. The van der Waals surface area contributed by atoms with E-state index in [9.17, 15) is 4.79 Å². The highest BCUT2D eigenvalue weighted by molar-refractivity contribution is 6.29. The second-order valence-corrected chi connectivity index (χ2v) is 7.13. The highest BCUT2D eigenvalue weighted by Gasteiger charge is 2.44. The Morgan fingerprint density at radius 3 is 2.14 bits per heavy atom. The third kappa shape index (κ3) is 2.84. The minimum absolute atomic E-state index is 0.0592. The molecule has 0 radical (unpaired) electrons. The van der Waals surface area contributed by atoms with Crippen LogP contribution in [0.3, 0.4) is 0 Å². The molecule has 0 bridgehead atoms. The zero-order chi connectivity index (χ0) is 15.1. The number of amides is 1. The SMILES string of the molecule is CN(C)C1C[C@@H]2CC(N(C)C(=O)c3ccc(Cl)o3)C[C@@H]2C1. The standard InChI is InChI=1S/C16H23ClN2O2/c1-18(2)12-6-10-8-13(9-11(10)7-12)19(3)16(20)14-4-5-15(17)21-14/h4-5,10-13H,6-9H2,1-3H3/t10-,11+,12?,13?. The molecule has 4 atom stereocenters. The molecule has 1 amide bonds. The molecule has 3 rings (SSSR count). The van der Waals surface area contributed by atoms with Crippen molar-refractivity contribution in [1.82, 2.24) is 9.80 Å². The second kappa shape index (κ2) is 5.65. The van der Waals surface area contributed by atoms with Crippen molar-refractivity contribution in [2.75, 3.05) is 21.1 Å². The van der Waals surface area contributed by atoms with Gasteiger partial charge in [0.05, 0.1) is 0 Å². The molecule has 0 N–H and O–H groups in total. The predicted octanol–water partition coefficient (Wildman–Crippen LogP) is 3.12. The third-order valence-corrected chi connectivity index (χ3v) is 5.55. The molecule has 1 aromatic rings. The van der Waals surface area contributed by atoms with E-state index in [1.54, 1.807) is 12.1 Å². The van der Waals surface area contributed by atoms with Crippen LogP contribution in [-0.4, -0.2) is 48.9 Å². The first-order valence-corrected chi connectivity index (χ1v) is 8.02. The van der Waals surface area contributed by atoms with Gasteiger partial charge < -0.3 is 14.2 Å². The number of carbonyl (C=O) groups excluding carboxylic acids is 1. The summed E-state index contributed by atoms with van der Waals surface area (Å²) in [6.45, 7) is 0. The zero-order valence-corrected chi connectivity index (χ0v) is 13.6. The van der Waals surface area contributed by atoms with Crippen molar-refractivity contribution >= 4 is 17.5 Å². The number of rotatable bonds is 3. The van der Waals surface area contributed by atoms with Gasteiger partial charge in [0.2, 0.25) is 0 Å². The van der Waals surface area contributed by atoms with Crippen LogP contribution in [0.4, 0.5) is 0 Å². The molecule has 2 saturated carbocycles. The molecule has 0 aromatic carbocycles. The normalized spacial score (nSPS) is 31.7. The lowest BCUT2D eigenvalue weighted by molar-refractivity contribution is 0.0694. The van der Waals surface area contributed by atoms with E-state index in [2.05, 4.69) is 19.0 Å². The third-order valence-electron chi connectivity index (χ3n) is 5.35. The van der Waals surface area contributed by atoms with Crippen molar-refractivity contribution in [3.05, 3.63) is 23.1 Å². The molecule has 2 fully saturated rings. The summed E-state index contributed by atoms with van der Waals surface area (Å²) in [5.74, 6) is 1.80. The number of carbonyl (C=O) groups is 1. The van der Waals surface area contributed by atoms with E-state index in [1.165, 1.54) is 12.8 Å². The highest BCUT2D eigenvalue weighted by Crippen LogP contribution is 2.46. The molecule has 0 spiro atoms. The van der Waals surface area contributed by atoms with Crippen LogP contribution in [0.25, 0.3) is 0 Å². The Kier molecular flexibility index (Phi) is 4.02. The Hall–Kier alpha value is -1.00. The lowest BCUT2D eigenvalue weighted by Gasteiger charge is -2.26. The maximum absolute atomic E-state index is 12.4. The van der Waals surface area contributed by atoms with Gasteiger partial charge in [-0.05, 0) is 75.3 Å². The van der Waals surface area contributed by atoms with Gasteiger partial charge in [0.15, 0.2) is 11.0 Å². The molecule has 4 nitrogen and oxygen atoms in total. The fraction of sp³-hybridized carbons (Fsp3) is 0.688. The molecule has 21 heavy (non-hydrogen) atoms. The van der Waals surface area contributed by atoms with Crippen molar-refractivity contribution in [2.45, 2.75) is 37.8 Å². The number of halogens is 1. The van der Waals surface area contributed by atoms with E-state index in [4.69, 9.17) is 16.0 Å². The molecule has 1 aromatic heterocycles. The van der Waals surface area contributed by atoms with Crippen molar-refractivity contribution in [2.24, 2.45) is 11.8 Å². The van der Waals surface area contributed by atoms with Gasteiger partial charge in [-0.2, -0.15) is 0 Å². The van der Waals surface area contributed by atoms with E-state index in [0.717, 1.165) is 24.7 Å². The lowest BCUT2D eigenvalue weighted by atomic mass is 10.0. The number of fused-ring (bicyclic) bond motifs is 1. The van der Waals surface area contributed by atoms with Crippen LogP contribution in [0.2, 0.25) is 5.22 Å². The van der Waals surface area contributed by atoms with Gasteiger partial charge in [-0.1, -0.05) is 0 Å². The van der Waals surface area contributed by atoms with Crippen LogP contribution in [0.15, 0.2) is 16.5 Å². The minimum Gasteiger partial charge on any atom is -0.440 e. The van der Waals surface area contributed by atoms with Crippen LogP contribution in [0.1, 0.15) is 36.2 Å². The molecule has 2 aliphatic carbocycles. The zero-order valence-electron chi connectivity index (χ0n) is 12.9. The molecular weight excluding hydrogens is 288 g/mol. The quantitative estimate of drug-likeness (QED) is 0.860. The van der Waals surface area contributed by atoms with Crippen molar-refractivity contribution < 1.29 is 9.21 Å². The van der Waals surface area contributed by atoms with Crippen molar-refractivity contribution in [3.8, 4) is 0 Å². The van der Waals surface area contributed by atoms with E-state index >= 15 is 0 Å². The number of nitrogens with zero attached hydrogens (tertiary/aromatic N) is 2. The molecular formula is C16H23ClN2O2. The van der Waals surface area contributed by atoms with Gasteiger partial charge in [-0.15, -0.1) is 0 Å². The topological polar surface area (TPSA) is 36.7 Å². The maximum Gasteiger partial charge on any atom is 0.289 e. The summed E-state index contributed by atoms with van der Waals surface area (Å²) in [6, 6.07) is 4.32. The maximum atomic E-state index is 12.4. The first-order chi connectivity index (χ1) is 9.95. The fourth-order valence-corrected chi connectivity index (χ4v) is 4.21. The predicted molar refractivity (Wildman–Crippen MR) is 82.5 cm³/mol. The number of hydrogen-bond acceptors (Lipinski definition) is 3. The molecule has 5 heteroatoms. The van der Waals surface area contributed by atoms with Crippen LogP contribution < -0.4 is 0 Å². The van der Waals surface area contributed by atoms with Crippen LogP contribution in [-0.2, 0) is 0 Å². The van der Waals surface area contributed by atoms with Gasteiger partial charge >= 0.3 is 0 Å². The summed E-state index contributed by atoms with van der Waals surface area (Å²) in [7, 11) is 6.22. The summed E-state index contributed by atoms with van der Waals surface area (Å²) in [6.07, 6.45) is 4.77. The van der Waals surface area contributed by atoms with Crippen LogP contribution in [0, 0.1) is 11.8 Å². The highest BCUT2D eigenvalue weighted by atomic mass is 35.5. The Labute approximate surface area is 131 Å². The molecule has 2 aliphatic rings. The first kappa shape index (κ1) is 14.9. The van der Waals surface area contributed by atoms with E-state index < -0.39 is 0 Å². The van der Waals surface area contributed by atoms with Gasteiger partial charge in [0.1, 0.15) is 0 Å². The number of furan rings is 1. The Balaban J connectivity index is 1.61. The van der Waals surface area contributed by atoms with Crippen LogP contribution in [0.5, 0.6) is 0 Å². The summed E-state index contributed by atoms with van der Waals surface area (Å²) in [5, 5.41) is 0.267. The summed E-state index contributed by atoms with van der Waals surface area (Å²) < 4.78 is 5.24. The van der Waals surface area contributed by atoms with Gasteiger partial charge in [-0.25, -0.2) is 0 Å². The molecule has 0 saturated heterocycles. The van der Waals surface area contributed by atoms with Crippen molar-refractivity contribution in [1.29, 1.82) is 0 Å². The summed E-state index contributed by atoms with van der Waals surface area (Å²) in [5.41, 5.74) is 0. The summed E-state index contributed by atoms with van der Waals surface area (Å²) in [4.78, 5) is 16.6. The van der Waals surface area contributed by atoms with Gasteiger partial charge in [-0.3, -0.25) is 4.79 Å². The number of hydrogen-bond donors (Lipinski definition) is 0. The van der Waals surface area contributed by atoms with E-state index in [-0.39, 0.29) is 11.1 Å². The van der Waals surface area contributed by atoms with Gasteiger partial charge in [0, 0.05) is 19.1 Å². The average molecular weight is 311 g/mol. The Bertz CT molecular complexity index is 514. The molecule has 116 valence electrons. The largest absolute Gasteiger partial charge is 0.440 e. The second-order valence-electron chi connectivity index (χ2n) is 6.75. The van der Waals surface area contributed by atoms with E-state index in [0.29, 0.717) is 17.8 Å². The fourth-order valence-electron chi connectivity index (χ4n) is 4.06. The van der Waals surface area contributed by atoms with Gasteiger partial charge in [0.25, 0.3) is 5.91 Å². The van der Waals surface area contributed by atoms with E-state index in [1.807, 2.05) is 11.9 Å². The Morgan fingerprint density at radius 1 is 1.10 bits per heavy atom. The van der Waals surface area contributed by atoms with Crippen LogP contribution >= 0.6 is 11.6 Å². The summed E-state index contributed by atoms with van der Waals surface area (Å²) >= 11 is 5.75. The first-order valence-electron chi connectivity index (χ1n) is 7.64. The lowest BCUT2D eigenvalue weighted by Crippen LogP contribution is -2.36. The monoisotopic (exact) mass is 310 g/mol. The minimum atomic E-state index is -0.0592. The molecule has 2 unspecified atom stereocenters. The Morgan fingerprint density at radius 2 is 1.67 bits per heavy atom.